The topological polar surface area (TPSA) is 111 Å². The number of ether oxygens (including phenoxy) is 1. The molecule has 0 atom stereocenters. The monoisotopic (exact) mass is 551 g/mol. The Hall–Kier alpha value is -5.13. The number of halogens is 2. The molecule has 0 radical (unpaired) electrons. The number of nitrogens with one attached hydrogen (secondary N) is 2. The fraction of sp³-hybridized carbons (Fsp3) is 0.179. The maximum atomic E-state index is 14.6. The van der Waals surface area contributed by atoms with Crippen LogP contribution in [-0.2, 0) is 11.2 Å². The van der Waals surface area contributed by atoms with Gasteiger partial charge in [0.25, 0.3) is 0 Å². The van der Waals surface area contributed by atoms with Crippen molar-refractivity contribution in [2.24, 2.45) is 15.2 Å². The lowest BCUT2D eigenvalue weighted by molar-refractivity contribution is -0.107. The van der Waals surface area contributed by atoms with Crippen LogP contribution in [0.15, 0.2) is 93.5 Å². The first-order valence-corrected chi connectivity index (χ1v) is 11.9. The van der Waals surface area contributed by atoms with Gasteiger partial charge < -0.3 is 20.2 Å². The van der Waals surface area contributed by atoms with E-state index in [0.717, 1.165) is 29.1 Å². The van der Waals surface area contributed by atoms with Gasteiger partial charge in [-0.1, -0.05) is 18.7 Å². The molecule has 3 rings (SSSR count). The quantitative estimate of drug-likeness (QED) is 0.271. The number of hydrazone groups is 2. The summed E-state index contributed by atoms with van der Waals surface area (Å²) in [5.41, 5.74) is 3.22. The van der Waals surface area contributed by atoms with E-state index in [1.165, 1.54) is 48.9 Å². The maximum absolute atomic E-state index is 14.6. The second-order valence-corrected chi connectivity index (χ2v) is 8.14. The number of aliphatic imine (C=N–C) groups is 1. The lowest BCUT2D eigenvalue weighted by Crippen LogP contribution is -2.28. The second kappa shape index (κ2) is 15.3. The number of hydrogen-bond acceptors (Lipinski definition) is 8. The molecular weight excluding hydrogens is 520 g/mol. The summed E-state index contributed by atoms with van der Waals surface area (Å²) in [6.07, 6.45) is 5.70. The highest BCUT2D eigenvalue weighted by molar-refractivity contribution is 6.01. The van der Waals surface area contributed by atoms with Crippen LogP contribution < -0.4 is 15.4 Å². The number of rotatable bonds is 8. The van der Waals surface area contributed by atoms with Crippen molar-refractivity contribution < 1.29 is 23.1 Å². The highest BCUT2D eigenvalue weighted by atomic mass is 19.1. The number of carbonyl (C=O) groups excluding carboxylic acids is 2. The molecule has 10 nitrogen and oxygen atoms in total. The molecule has 0 aliphatic carbocycles. The van der Waals surface area contributed by atoms with Gasteiger partial charge in [-0.2, -0.15) is 15.2 Å². The van der Waals surface area contributed by atoms with E-state index in [1.54, 1.807) is 30.4 Å². The number of amides is 2. The average Bonchev–Trinajstić information content (AvgIpc) is 2.95. The summed E-state index contributed by atoms with van der Waals surface area (Å²) in [5.74, 6) is -0.864. The Morgan fingerprint density at radius 1 is 1.20 bits per heavy atom. The number of carbonyl (C=O) groups is 2. The van der Waals surface area contributed by atoms with Gasteiger partial charge in [-0.3, -0.25) is 5.01 Å². The Morgan fingerprint density at radius 2 is 1.90 bits per heavy atom. The first-order valence-electron chi connectivity index (χ1n) is 11.9. The lowest BCUT2D eigenvalue weighted by atomic mass is 10.1. The van der Waals surface area contributed by atoms with Crippen LogP contribution in [0.1, 0.15) is 19.4 Å². The number of anilines is 1. The third kappa shape index (κ3) is 9.01. The summed E-state index contributed by atoms with van der Waals surface area (Å²) in [7, 11) is 3.21. The summed E-state index contributed by atoms with van der Waals surface area (Å²) in [6.45, 7) is 10.9. The van der Waals surface area contributed by atoms with Crippen LogP contribution in [0, 0.1) is 11.6 Å². The van der Waals surface area contributed by atoms with Crippen LogP contribution in [-0.4, -0.2) is 55.4 Å². The van der Waals surface area contributed by atoms with Crippen LogP contribution in [0.2, 0.25) is 0 Å². The van der Waals surface area contributed by atoms with Crippen molar-refractivity contribution in [2.45, 2.75) is 20.3 Å². The fourth-order valence-corrected chi connectivity index (χ4v) is 3.18. The minimum absolute atomic E-state index is 0.0627. The molecule has 0 fully saturated rings. The van der Waals surface area contributed by atoms with Gasteiger partial charge >= 0.3 is 6.03 Å². The van der Waals surface area contributed by atoms with Gasteiger partial charge in [0.05, 0.1) is 0 Å². The zero-order valence-corrected chi connectivity index (χ0v) is 22.7. The normalized spacial score (nSPS) is 13.7. The molecule has 2 amide bonds. The average molecular weight is 552 g/mol. The Morgan fingerprint density at radius 3 is 2.48 bits per heavy atom. The minimum atomic E-state index is -0.667. The number of aldehydes is 1. The van der Waals surface area contributed by atoms with E-state index in [2.05, 4.69) is 39.1 Å². The van der Waals surface area contributed by atoms with Gasteiger partial charge in [-0.05, 0) is 54.8 Å². The largest absolute Gasteiger partial charge is 0.434 e. The number of benzene rings is 2. The first kappa shape index (κ1) is 31.1. The summed E-state index contributed by atoms with van der Waals surface area (Å²) in [6, 6.07) is 9.50. The van der Waals surface area contributed by atoms with Gasteiger partial charge in [0.15, 0.2) is 11.6 Å². The number of urea groups is 1. The Kier molecular flexibility index (Phi) is 11.9. The zero-order valence-electron chi connectivity index (χ0n) is 22.7. The van der Waals surface area contributed by atoms with Crippen molar-refractivity contribution in [2.75, 3.05) is 19.4 Å². The molecule has 2 aromatic carbocycles. The molecule has 0 aromatic heterocycles. The van der Waals surface area contributed by atoms with Crippen molar-refractivity contribution in [3.05, 3.63) is 95.5 Å². The SMILES string of the molecule is C=CN1N=CN=C(Oc2ccc(NC(=O)NC)cc2F)/C1=C(C)\C(C)=C\N(C)N=C.O=CCc1ccc(F)cc1. The van der Waals surface area contributed by atoms with Crippen LogP contribution in [0.3, 0.4) is 0 Å². The minimum Gasteiger partial charge on any atom is -0.434 e. The molecular formula is C28H31F2N7O3. The van der Waals surface area contributed by atoms with Crippen molar-refractivity contribution >= 4 is 37.0 Å². The molecule has 210 valence electrons. The Labute approximate surface area is 231 Å². The van der Waals surface area contributed by atoms with Crippen LogP contribution >= 0.6 is 0 Å². The smallest absolute Gasteiger partial charge is 0.318 e. The standard InChI is InChI=1S/C20H24FN7O2.C8H7FO/c1-7-28-18(14(3)13(2)11-27(6)23-5)19(24-12-25-28)30-17-9-8-15(10-16(17)21)26-20(29)22-4;9-8-3-1-7(2-4-8)5-6-10/h7-12H,1,5H2,2-4,6H3,(H2,22,26,29);1-4,6H,5H2/b13-11+,18-14+;. The third-order valence-electron chi connectivity index (χ3n) is 5.36. The van der Waals surface area contributed by atoms with E-state index in [4.69, 9.17) is 4.74 Å². The molecule has 1 aliphatic heterocycles. The molecule has 0 saturated heterocycles. The van der Waals surface area contributed by atoms with Gasteiger partial charge in [0.1, 0.15) is 24.1 Å². The van der Waals surface area contributed by atoms with E-state index in [0.29, 0.717) is 12.1 Å². The summed E-state index contributed by atoms with van der Waals surface area (Å²) in [4.78, 5) is 25.5. The van der Waals surface area contributed by atoms with Gasteiger partial charge in [-0.25, -0.2) is 18.6 Å². The van der Waals surface area contributed by atoms with Crippen LogP contribution in [0.5, 0.6) is 5.75 Å². The molecule has 12 heteroatoms. The molecule has 2 aromatic rings. The molecule has 0 saturated carbocycles. The van der Waals surface area contributed by atoms with Crippen molar-refractivity contribution in [3.63, 3.8) is 0 Å². The lowest BCUT2D eigenvalue weighted by Gasteiger charge is -2.24. The Balaban J connectivity index is 0.000000469. The van der Waals surface area contributed by atoms with Crippen molar-refractivity contribution in [3.8, 4) is 5.75 Å². The van der Waals surface area contributed by atoms with Crippen LogP contribution in [0.25, 0.3) is 0 Å². The predicted molar refractivity (Wildman–Crippen MR) is 153 cm³/mol. The molecule has 0 bridgehead atoms. The van der Waals surface area contributed by atoms with E-state index in [-0.39, 0.29) is 23.2 Å². The first-order chi connectivity index (χ1) is 19.1. The van der Waals surface area contributed by atoms with E-state index >= 15 is 0 Å². The summed E-state index contributed by atoms with van der Waals surface area (Å²) < 4.78 is 32.6. The summed E-state index contributed by atoms with van der Waals surface area (Å²) in [5, 5.41) is 15.9. The maximum Gasteiger partial charge on any atom is 0.318 e. The van der Waals surface area contributed by atoms with Gasteiger partial charge in [-0.15, -0.1) is 0 Å². The Bertz CT molecular complexity index is 1350. The van der Waals surface area contributed by atoms with E-state index in [9.17, 15) is 18.4 Å². The van der Waals surface area contributed by atoms with Gasteiger partial charge in [0, 0.05) is 51.4 Å². The molecule has 1 heterocycles. The predicted octanol–water partition coefficient (Wildman–Crippen LogP) is 5.05. The highest BCUT2D eigenvalue weighted by Gasteiger charge is 2.23. The second-order valence-electron chi connectivity index (χ2n) is 8.14. The molecule has 0 unspecified atom stereocenters. The van der Waals surface area contributed by atoms with Crippen LogP contribution in [0.4, 0.5) is 19.3 Å². The summed E-state index contributed by atoms with van der Waals surface area (Å²) >= 11 is 0. The molecule has 2 N–H and O–H groups in total. The zero-order chi connectivity index (χ0) is 29.7. The molecule has 0 spiro atoms. The van der Waals surface area contributed by atoms with Crippen molar-refractivity contribution in [1.29, 1.82) is 0 Å². The van der Waals surface area contributed by atoms with E-state index in [1.807, 2.05) is 13.8 Å². The van der Waals surface area contributed by atoms with Crippen molar-refractivity contribution in [1.82, 2.24) is 15.3 Å². The molecule has 40 heavy (non-hydrogen) atoms. The highest BCUT2D eigenvalue weighted by Crippen LogP contribution is 2.27. The number of allylic oxidation sites excluding steroid dienone is 2. The fourth-order valence-electron chi connectivity index (χ4n) is 3.18. The van der Waals surface area contributed by atoms with Gasteiger partial charge in [0.2, 0.25) is 5.90 Å². The number of nitrogens with zero attached hydrogens (tertiary/aromatic N) is 5. The third-order valence-corrected chi connectivity index (χ3v) is 5.36. The van der Waals surface area contributed by atoms with E-state index < -0.39 is 11.8 Å². The molecule has 1 aliphatic rings. The number of hydrogen-bond donors (Lipinski definition) is 2.